The highest BCUT2D eigenvalue weighted by atomic mass is 35.5. The van der Waals surface area contributed by atoms with Crippen LogP contribution in [-0.2, 0) is 0 Å². The lowest BCUT2D eigenvalue weighted by atomic mass is 10.0. The van der Waals surface area contributed by atoms with E-state index in [0.717, 1.165) is 17.5 Å². The fraction of sp³-hybridized carbons (Fsp3) is 0.571. The van der Waals surface area contributed by atoms with Crippen molar-refractivity contribution in [2.24, 2.45) is 5.92 Å². The van der Waals surface area contributed by atoms with Crippen molar-refractivity contribution in [1.82, 2.24) is 5.32 Å². The van der Waals surface area contributed by atoms with E-state index in [0.29, 0.717) is 6.04 Å². The Hall–Kier alpha value is -0.530. The molecule has 1 N–H and O–H groups in total. The Balaban J connectivity index is 2.46. The highest BCUT2D eigenvalue weighted by Crippen LogP contribution is 2.22. The summed E-state index contributed by atoms with van der Waals surface area (Å²) in [6.07, 6.45) is 2.53. The minimum Gasteiger partial charge on any atom is -0.310 e. The maximum absolute atomic E-state index is 6.16. The first-order valence-corrected chi connectivity index (χ1v) is 6.50. The van der Waals surface area contributed by atoms with Crippen LogP contribution in [0.5, 0.6) is 0 Å². The SMILES string of the molecule is CCCC(C)CN[C@H](C)c1ccccc1Cl. The van der Waals surface area contributed by atoms with E-state index in [1.165, 1.54) is 18.4 Å². The van der Waals surface area contributed by atoms with Crippen LogP contribution in [0.1, 0.15) is 45.2 Å². The lowest BCUT2D eigenvalue weighted by Crippen LogP contribution is -2.24. The van der Waals surface area contributed by atoms with Crippen LogP contribution in [-0.4, -0.2) is 6.54 Å². The Morgan fingerprint density at radius 2 is 1.94 bits per heavy atom. The van der Waals surface area contributed by atoms with Gasteiger partial charge in [0.15, 0.2) is 0 Å². The summed E-state index contributed by atoms with van der Waals surface area (Å²) in [4.78, 5) is 0. The summed E-state index contributed by atoms with van der Waals surface area (Å²) in [5.41, 5.74) is 1.19. The first-order chi connectivity index (χ1) is 7.65. The van der Waals surface area contributed by atoms with Gasteiger partial charge in [-0.25, -0.2) is 0 Å². The van der Waals surface area contributed by atoms with E-state index in [9.17, 15) is 0 Å². The van der Waals surface area contributed by atoms with Crippen LogP contribution in [0.3, 0.4) is 0 Å². The highest BCUT2D eigenvalue weighted by molar-refractivity contribution is 6.31. The van der Waals surface area contributed by atoms with Gasteiger partial charge in [0.1, 0.15) is 0 Å². The molecule has 16 heavy (non-hydrogen) atoms. The molecule has 1 aromatic carbocycles. The largest absolute Gasteiger partial charge is 0.310 e. The number of rotatable bonds is 6. The Bertz CT molecular complexity index is 311. The second-order valence-corrected chi connectivity index (χ2v) is 4.95. The van der Waals surface area contributed by atoms with Gasteiger partial charge >= 0.3 is 0 Å². The molecule has 0 aliphatic rings. The normalized spacial score (nSPS) is 14.8. The van der Waals surface area contributed by atoms with Crippen LogP contribution in [0, 0.1) is 5.92 Å². The number of benzene rings is 1. The van der Waals surface area contributed by atoms with E-state index in [4.69, 9.17) is 11.6 Å². The van der Waals surface area contributed by atoms with Gasteiger partial charge < -0.3 is 5.32 Å². The molecule has 0 aromatic heterocycles. The predicted octanol–water partition coefficient (Wildman–Crippen LogP) is 4.43. The van der Waals surface area contributed by atoms with Gasteiger partial charge in [0.25, 0.3) is 0 Å². The van der Waals surface area contributed by atoms with Crippen molar-refractivity contribution in [3.8, 4) is 0 Å². The van der Waals surface area contributed by atoms with Gasteiger partial charge in [0.05, 0.1) is 0 Å². The van der Waals surface area contributed by atoms with E-state index in [-0.39, 0.29) is 0 Å². The minimum absolute atomic E-state index is 0.327. The zero-order valence-corrected chi connectivity index (χ0v) is 11.2. The first-order valence-electron chi connectivity index (χ1n) is 6.13. The maximum atomic E-state index is 6.16. The van der Waals surface area contributed by atoms with Crippen LogP contribution in [0.2, 0.25) is 5.02 Å². The zero-order chi connectivity index (χ0) is 12.0. The van der Waals surface area contributed by atoms with Crippen LogP contribution in [0.4, 0.5) is 0 Å². The number of nitrogens with one attached hydrogen (secondary N) is 1. The van der Waals surface area contributed by atoms with E-state index < -0.39 is 0 Å². The molecule has 0 aliphatic heterocycles. The zero-order valence-electron chi connectivity index (χ0n) is 10.5. The van der Waals surface area contributed by atoms with Crippen molar-refractivity contribution in [3.63, 3.8) is 0 Å². The summed E-state index contributed by atoms with van der Waals surface area (Å²) in [7, 11) is 0. The van der Waals surface area contributed by atoms with Crippen molar-refractivity contribution < 1.29 is 0 Å². The smallest absolute Gasteiger partial charge is 0.0453 e. The summed E-state index contributed by atoms with van der Waals surface area (Å²) in [6.45, 7) is 7.74. The Kier molecular flexibility index (Phi) is 5.86. The third-order valence-corrected chi connectivity index (χ3v) is 3.27. The number of hydrogen-bond acceptors (Lipinski definition) is 1. The molecule has 0 amide bonds. The molecule has 0 bridgehead atoms. The van der Waals surface area contributed by atoms with Gasteiger partial charge in [0, 0.05) is 11.1 Å². The van der Waals surface area contributed by atoms with Crippen molar-refractivity contribution in [2.45, 2.75) is 39.7 Å². The average molecular weight is 240 g/mol. The summed E-state index contributed by atoms with van der Waals surface area (Å²) in [5, 5.41) is 4.39. The molecule has 1 aromatic rings. The number of hydrogen-bond donors (Lipinski definition) is 1. The quantitative estimate of drug-likeness (QED) is 0.775. The standard InChI is InChI=1S/C14H22ClN/c1-4-7-11(2)10-16-12(3)13-8-5-6-9-14(13)15/h5-6,8-9,11-12,16H,4,7,10H2,1-3H3/t11?,12-/m1/s1. The maximum Gasteiger partial charge on any atom is 0.0453 e. The molecular weight excluding hydrogens is 218 g/mol. The van der Waals surface area contributed by atoms with Gasteiger partial charge in [-0.15, -0.1) is 0 Å². The van der Waals surface area contributed by atoms with Crippen molar-refractivity contribution in [2.75, 3.05) is 6.54 Å². The Morgan fingerprint density at radius 3 is 2.56 bits per heavy atom. The van der Waals surface area contributed by atoms with Gasteiger partial charge in [-0.1, -0.05) is 50.1 Å². The van der Waals surface area contributed by atoms with Crippen LogP contribution in [0.15, 0.2) is 24.3 Å². The van der Waals surface area contributed by atoms with Gasteiger partial charge in [0.2, 0.25) is 0 Å². The summed E-state index contributed by atoms with van der Waals surface area (Å²) < 4.78 is 0. The van der Waals surface area contributed by atoms with Crippen molar-refractivity contribution in [1.29, 1.82) is 0 Å². The molecule has 2 atom stereocenters. The molecule has 0 heterocycles. The molecule has 90 valence electrons. The molecule has 0 spiro atoms. The minimum atomic E-state index is 0.327. The molecule has 0 aliphatic carbocycles. The molecule has 1 rings (SSSR count). The summed E-state index contributed by atoms with van der Waals surface area (Å²) in [5.74, 6) is 0.731. The molecule has 0 fully saturated rings. The molecule has 0 saturated carbocycles. The van der Waals surface area contributed by atoms with Crippen LogP contribution >= 0.6 is 11.6 Å². The third kappa shape index (κ3) is 4.15. The van der Waals surface area contributed by atoms with E-state index in [1.54, 1.807) is 0 Å². The molecular formula is C14H22ClN. The molecule has 1 unspecified atom stereocenters. The van der Waals surface area contributed by atoms with Crippen LogP contribution in [0.25, 0.3) is 0 Å². The van der Waals surface area contributed by atoms with Crippen molar-refractivity contribution in [3.05, 3.63) is 34.9 Å². The van der Waals surface area contributed by atoms with Gasteiger partial charge in [-0.3, -0.25) is 0 Å². The molecule has 0 radical (unpaired) electrons. The van der Waals surface area contributed by atoms with Gasteiger partial charge in [-0.05, 0) is 37.4 Å². The molecule has 2 heteroatoms. The third-order valence-electron chi connectivity index (χ3n) is 2.93. The summed E-state index contributed by atoms with van der Waals surface area (Å²) >= 11 is 6.16. The molecule has 1 nitrogen and oxygen atoms in total. The summed E-state index contributed by atoms with van der Waals surface area (Å²) in [6, 6.07) is 8.37. The van der Waals surface area contributed by atoms with E-state index >= 15 is 0 Å². The van der Waals surface area contributed by atoms with E-state index in [1.807, 2.05) is 18.2 Å². The fourth-order valence-electron chi connectivity index (χ4n) is 1.91. The average Bonchev–Trinajstić information content (AvgIpc) is 2.27. The highest BCUT2D eigenvalue weighted by Gasteiger charge is 2.09. The second-order valence-electron chi connectivity index (χ2n) is 4.55. The topological polar surface area (TPSA) is 12.0 Å². The Labute approximate surface area is 104 Å². The lowest BCUT2D eigenvalue weighted by Gasteiger charge is -2.18. The van der Waals surface area contributed by atoms with Crippen molar-refractivity contribution >= 4 is 11.6 Å². The van der Waals surface area contributed by atoms with Crippen LogP contribution < -0.4 is 5.32 Å². The second kappa shape index (κ2) is 6.93. The monoisotopic (exact) mass is 239 g/mol. The Morgan fingerprint density at radius 1 is 1.25 bits per heavy atom. The lowest BCUT2D eigenvalue weighted by molar-refractivity contribution is 0.444. The van der Waals surface area contributed by atoms with Gasteiger partial charge in [-0.2, -0.15) is 0 Å². The number of halogens is 1. The van der Waals surface area contributed by atoms with E-state index in [2.05, 4.69) is 32.2 Å². The first kappa shape index (κ1) is 13.5. The predicted molar refractivity (Wildman–Crippen MR) is 71.9 cm³/mol. The fourth-order valence-corrected chi connectivity index (χ4v) is 2.21. The molecule has 0 saturated heterocycles.